The van der Waals surface area contributed by atoms with Crippen LogP contribution in [0.4, 0.5) is 5.69 Å². The summed E-state index contributed by atoms with van der Waals surface area (Å²) < 4.78 is 5.63. The second-order valence-corrected chi connectivity index (χ2v) is 4.60. The lowest BCUT2D eigenvalue weighted by molar-refractivity contribution is -0.114. The molecule has 1 heterocycles. The number of carbonyl (C=O) groups excluding carboxylic acids is 1. The second kappa shape index (κ2) is 4.86. The molecule has 1 aliphatic rings. The molecule has 3 nitrogen and oxygen atoms in total. The third-order valence-electron chi connectivity index (χ3n) is 2.90. The number of aldehydes is 1. The summed E-state index contributed by atoms with van der Waals surface area (Å²) >= 11 is 5.95. The monoisotopic (exact) mass is 271 g/mol. The number of benzene rings is 2. The van der Waals surface area contributed by atoms with E-state index >= 15 is 0 Å². The summed E-state index contributed by atoms with van der Waals surface area (Å²) in [5.74, 6) is 0.415. The second-order valence-electron chi connectivity index (χ2n) is 4.16. The maximum Gasteiger partial charge on any atom is 0.222 e. The van der Waals surface area contributed by atoms with E-state index in [4.69, 9.17) is 16.3 Å². The summed E-state index contributed by atoms with van der Waals surface area (Å²) in [5.41, 5.74) is 2.29. The Morgan fingerprint density at radius 2 is 2.00 bits per heavy atom. The third-order valence-corrected chi connectivity index (χ3v) is 3.13. The van der Waals surface area contributed by atoms with Crippen molar-refractivity contribution >= 4 is 29.5 Å². The fourth-order valence-corrected chi connectivity index (χ4v) is 2.19. The van der Waals surface area contributed by atoms with Gasteiger partial charge in [-0.25, -0.2) is 4.99 Å². The van der Waals surface area contributed by atoms with Crippen LogP contribution in [0.2, 0.25) is 5.02 Å². The van der Waals surface area contributed by atoms with Gasteiger partial charge in [0, 0.05) is 16.1 Å². The topological polar surface area (TPSA) is 38.7 Å². The van der Waals surface area contributed by atoms with Crippen LogP contribution in [-0.4, -0.2) is 12.2 Å². The van der Waals surface area contributed by atoms with Gasteiger partial charge in [0.2, 0.25) is 5.90 Å². The molecule has 94 valence electrons. The van der Waals surface area contributed by atoms with Crippen LogP contribution in [0.5, 0.6) is 0 Å². The van der Waals surface area contributed by atoms with Crippen molar-refractivity contribution in [1.29, 1.82) is 0 Å². The standard InChI is InChI=1S/C15H10ClNO2/c16-11-5-3-4-10(8-11)15-17-13-7-2-1-6-12(13)14(9-18)19-15/h1-9,14H. The minimum atomic E-state index is -0.623. The molecule has 1 aliphatic heterocycles. The van der Waals surface area contributed by atoms with Crippen LogP contribution in [0.15, 0.2) is 53.5 Å². The molecule has 19 heavy (non-hydrogen) atoms. The molecule has 2 aromatic rings. The van der Waals surface area contributed by atoms with Crippen LogP contribution in [0.1, 0.15) is 17.2 Å². The summed E-state index contributed by atoms with van der Waals surface area (Å²) in [4.78, 5) is 15.6. The summed E-state index contributed by atoms with van der Waals surface area (Å²) in [5, 5.41) is 0.602. The first-order chi connectivity index (χ1) is 9.28. The van der Waals surface area contributed by atoms with E-state index in [9.17, 15) is 4.79 Å². The number of hydrogen-bond donors (Lipinski definition) is 0. The molecule has 0 aromatic heterocycles. The van der Waals surface area contributed by atoms with E-state index in [1.54, 1.807) is 12.1 Å². The van der Waals surface area contributed by atoms with Crippen molar-refractivity contribution in [1.82, 2.24) is 0 Å². The molecular weight excluding hydrogens is 262 g/mol. The normalized spacial score (nSPS) is 17.1. The fraction of sp³-hybridized carbons (Fsp3) is 0.0667. The Labute approximate surface area is 115 Å². The molecule has 4 heteroatoms. The van der Waals surface area contributed by atoms with E-state index in [2.05, 4.69) is 4.99 Å². The molecule has 0 bridgehead atoms. The predicted molar refractivity (Wildman–Crippen MR) is 74.0 cm³/mol. The van der Waals surface area contributed by atoms with Gasteiger partial charge >= 0.3 is 0 Å². The number of para-hydroxylation sites is 1. The minimum Gasteiger partial charge on any atom is -0.461 e. The quantitative estimate of drug-likeness (QED) is 0.782. The lowest BCUT2D eigenvalue weighted by Crippen LogP contribution is -2.17. The number of aliphatic imine (C=N–C) groups is 1. The van der Waals surface area contributed by atoms with Gasteiger partial charge < -0.3 is 4.74 Å². The Kier molecular flexibility index (Phi) is 3.05. The van der Waals surface area contributed by atoms with Gasteiger partial charge in [-0.3, -0.25) is 4.79 Å². The Morgan fingerprint density at radius 3 is 2.79 bits per heavy atom. The van der Waals surface area contributed by atoms with Crippen LogP contribution < -0.4 is 0 Å². The number of ether oxygens (including phenoxy) is 1. The van der Waals surface area contributed by atoms with Crippen molar-refractivity contribution < 1.29 is 9.53 Å². The fourth-order valence-electron chi connectivity index (χ4n) is 2.00. The lowest BCUT2D eigenvalue weighted by atomic mass is 10.1. The van der Waals surface area contributed by atoms with Gasteiger partial charge in [0.05, 0.1) is 5.69 Å². The van der Waals surface area contributed by atoms with Crippen LogP contribution in [-0.2, 0) is 9.53 Å². The van der Waals surface area contributed by atoms with E-state index in [0.29, 0.717) is 10.9 Å². The first kappa shape index (κ1) is 11.9. The van der Waals surface area contributed by atoms with Crippen molar-refractivity contribution in [2.75, 3.05) is 0 Å². The molecule has 0 saturated carbocycles. The maximum absolute atomic E-state index is 11.2. The van der Waals surface area contributed by atoms with E-state index in [-0.39, 0.29) is 0 Å². The number of nitrogens with zero attached hydrogens (tertiary/aromatic N) is 1. The summed E-state index contributed by atoms with van der Waals surface area (Å²) in [6, 6.07) is 14.6. The van der Waals surface area contributed by atoms with Crippen molar-refractivity contribution in [3.8, 4) is 0 Å². The molecular formula is C15H10ClNO2. The zero-order valence-electron chi connectivity index (χ0n) is 9.92. The highest BCUT2D eigenvalue weighted by Gasteiger charge is 2.23. The van der Waals surface area contributed by atoms with Gasteiger partial charge in [0.25, 0.3) is 0 Å². The van der Waals surface area contributed by atoms with Crippen molar-refractivity contribution in [3.63, 3.8) is 0 Å². The average molecular weight is 272 g/mol. The Balaban J connectivity index is 2.10. The molecule has 1 unspecified atom stereocenters. The molecule has 1 atom stereocenters. The average Bonchev–Trinajstić information content (AvgIpc) is 2.46. The van der Waals surface area contributed by atoms with Crippen LogP contribution in [0, 0.1) is 0 Å². The van der Waals surface area contributed by atoms with Crippen LogP contribution in [0.25, 0.3) is 0 Å². The number of carbonyl (C=O) groups is 1. The van der Waals surface area contributed by atoms with E-state index in [1.807, 2.05) is 36.4 Å². The summed E-state index contributed by atoms with van der Waals surface area (Å²) in [6.45, 7) is 0. The van der Waals surface area contributed by atoms with Crippen LogP contribution >= 0.6 is 11.6 Å². The maximum atomic E-state index is 11.2. The van der Waals surface area contributed by atoms with Crippen molar-refractivity contribution in [3.05, 3.63) is 64.7 Å². The highest BCUT2D eigenvalue weighted by Crippen LogP contribution is 2.33. The Bertz CT molecular complexity index is 667. The highest BCUT2D eigenvalue weighted by molar-refractivity contribution is 6.31. The molecule has 0 saturated heterocycles. The smallest absolute Gasteiger partial charge is 0.222 e. The largest absolute Gasteiger partial charge is 0.461 e. The van der Waals surface area contributed by atoms with Gasteiger partial charge in [-0.2, -0.15) is 0 Å². The van der Waals surface area contributed by atoms with Gasteiger partial charge in [-0.1, -0.05) is 35.9 Å². The van der Waals surface area contributed by atoms with Crippen molar-refractivity contribution in [2.24, 2.45) is 4.99 Å². The van der Waals surface area contributed by atoms with E-state index in [1.165, 1.54) is 0 Å². The number of halogens is 1. The van der Waals surface area contributed by atoms with Crippen molar-refractivity contribution in [2.45, 2.75) is 6.10 Å². The number of fused-ring (bicyclic) bond motifs is 1. The lowest BCUT2D eigenvalue weighted by Gasteiger charge is -2.22. The molecule has 2 aromatic carbocycles. The first-order valence-corrected chi connectivity index (χ1v) is 6.21. The zero-order valence-corrected chi connectivity index (χ0v) is 10.7. The summed E-state index contributed by atoms with van der Waals surface area (Å²) in [7, 11) is 0. The van der Waals surface area contributed by atoms with E-state index in [0.717, 1.165) is 23.1 Å². The molecule has 0 fully saturated rings. The Morgan fingerprint density at radius 1 is 1.16 bits per heavy atom. The summed E-state index contributed by atoms with van der Waals surface area (Å²) in [6.07, 6.45) is 0.153. The molecule has 0 aliphatic carbocycles. The van der Waals surface area contributed by atoms with Gasteiger partial charge in [-0.05, 0) is 24.3 Å². The van der Waals surface area contributed by atoms with Gasteiger partial charge in [0.15, 0.2) is 12.4 Å². The zero-order chi connectivity index (χ0) is 13.2. The van der Waals surface area contributed by atoms with E-state index < -0.39 is 6.10 Å². The van der Waals surface area contributed by atoms with Crippen LogP contribution in [0.3, 0.4) is 0 Å². The SMILES string of the molecule is O=CC1OC(c2cccc(Cl)c2)=Nc2ccccc21. The minimum absolute atomic E-state index is 0.415. The molecule has 0 radical (unpaired) electrons. The predicted octanol–water partition coefficient (Wildman–Crippen LogP) is 3.69. The third kappa shape index (κ3) is 2.25. The Hall–Kier alpha value is -2.13. The first-order valence-electron chi connectivity index (χ1n) is 5.83. The molecule has 3 rings (SSSR count). The highest BCUT2D eigenvalue weighted by atomic mass is 35.5. The molecule has 0 spiro atoms. The molecule has 0 N–H and O–H groups in total. The van der Waals surface area contributed by atoms with Gasteiger partial charge in [-0.15, -0.1) is 0 Å². The molecule has 0 amide bonds. The number of rotatable bonds is 2. The number of hydrogen-bond acceptors (Lipinski definition) is 3. The van der Waals surface area contributed by atoms with Gasteiger partial charge in [0.1, 0.15) is 0 Å².